The molecule has 1 saturated heterocycles. The van der Waals surface area contributed by atoms with Gasteiger partial charge in [0, 0.05) is 19.0 Å². The lowest BCUT2D eigenvalue weighted by Gasteiger charge is -2.17. The van der Waals surface area contributed by atoms with Crippen LogP contribution in [0, 0.1) is 0 Å². The summed E-state index contributed by atoms with van der Waals surface area (Å²) in [7, 11) is 0. The van der Waals surface area contributed by atoms with Crippen LogP contribution in [-0.4, -0.2) is 51.7 Å². The monoisotopic (exact) mass is 296 g/mol. The van der Waals surface area contributed by atoms with Crippen LogP contribution in [-0.2, 0) is 4.79 Å². The molecule has 1 aromatic rings. The van der Waals surface area contributed by atoms with Gasteiger partial charge in [0.15, 0.2) is 0 Å². The van der Waals surface area contributed by atoms with Crippen LogP contribution in [0.1, 0.15) is 30.8 Å². The third kappa shape index (κ3) is 3.29. The maximum atomic E-state index is 14.0. The molecule has 0 aromatic carbocycles. The second kappa shape index (κ2) is 5.67. The van der Waals surface area contributed by atoms with E-state index in [1.165, 1.54) is 6.07 Å². The van der Waals surface area contributed by atoms with E-state index in [2.05, 4.69) is 4.98 Å². The number of carboxylic acids is 1. The summed E-state index contributed by atoms with van der Waals surface area (Å²) in [5.74, 6) is -1.73. The molecule has 7 heteroatoms. The number of nitrogens with zero attached hydrogens (tertiary/aromatic N) is 2. The number of ether oxygens (including phenoxy) is 1. The largest absolute Gasteiger partial charge is 0.479 e. The molecule has 2 rings (SSSR count). The van der Waals surface area contributed by atoms with E-state index in [1.807, 2.05) is 13.8 Å². The lowest BCUT2D eigenvalue weighted by atomic mass is 10.1. The normalized spacial score (nSPS) is 21.6. The van der Waals surface area contributed by atoms with Gasteiger partial charge >= 0.3 is 5.97 Å². The number of alkyl halides is 1. The zero-order valence-corrected chi connectivity index (χ0v) is 11.9. The van der Waals surface area contributed by atoms with Crippen molar-refractivity contribution >= 4 is 11.9 Å². The van der Waals surface area contributed by atoms with Crippen molar-refractivity contribution in [3.05, 3.63) is 23.9 Å². The van der Waals surface area contributed by atoms with E-state index < -0.39 is 24.1 Å². The third-order valence-electron chi connectivity index (χ3n) is 3.19. The minimum absolute atomic E-state index is 0.0541. The third-order valence-corrected chi connectivity index (χ3v) is 3.19. The van der Waals surface area contributed by atoms with Crippen molar-refractivity contribution in [3.8, 4) is 5.88 Å². The van der Waals surface area contributed by atoms with Crippen molar-refractivity contribution in [3.63, 3.8) is 0 Å². The molecule has 0 aliphatic carbocycles. The average molecular weight is 296 g/mol. The van der Waals surface area contributed by atoms with Gasteiger partial charge in [0.05, 0.1) is 12.6 Å². The highest BCUT2D eigenvalue weighted by molar-refractivity contribution is 5.93. The Morgan fingerprint density at radius 2 is 2.19 bits per heavy atom. The lowest BCUT2D eigenvalue weighted by Crippen LogP contribution is -2.39. The summed E-state index contributed by atoms with van der Waals surface area (Å²) in [5.41, 5.74) is -2.26. The van der Waals surface area contributed by atoms with Crippen LogP contribution < -0.4 is 4.74 Å². The Hall–Kier alpha value is -2.18. The molecule has 0 spiro atoms. The Labute approximate surface area is 121 Å². The first kappa shape index (κ1) is 15.2. The molecule has 1 aromatic heterocycles. The van der Waals surface area contributed by atoms with Crippen LogP contribution in [0.3, 0.4) is 0 Å². The van der Waals surface area contributed by atoms with Gasteiger partial charge in [-0.25, -0.2) is 14.2 Å². The van der Waals surface area contributed by atoms with Gasteiger partial charge in [-0.05, 0) is 19.9 Å². The van der Waals surface area contributed by atoms with Crippen LogP contribution >= 0.6 is 0 Å². The number of halogens is 1. The van der Waals surface area contributed by atoms with Crippen molar-refractivity contribution in [2.75, 3.05) is 13.1 Å². The van der Waals surface area contributed by atoms with Gasteiger partial charge in [-0.3, -0.25) is 4.79 Å². The van der Waals surface area contributed by atoms with Gasteiger partial charge in [0.1, 0.15) is 5.69 Å². The minimum Gasteiger partial charge on any atom is -0.479 e. The number of aromatic nitrogens is 1. The number of hydrogen-bond acceptors (Lipinski definition) is 4. The van der Waals surface area contributed by atoms with Crippen molar-refractivity contribution in [2.45, 2.75) is 32.0 Å². The molecule has 1 unspecified atom stereocenters. The highest BCUT2D eigenvalue weighted by atomic mass is 19.1. The van der Waals surface area contributed by atoms with Crippen molar-refractivity contribution < 1.29 is 23.8 Å². The molecule has 21 heavy (non-hydrogen) atoms. The standard InChI is InChI=1S/C14H17FN2O4/c1-9(2)21-11-5-3-4-10(16-11)12(18)17-7-6-14(15,8-17)13(19)20/h3-5,9H,6-8H2,1-2H3,(H,19,20). The summed E-state index contributed by atoms with van der Waals surface area (Å²) in [6.07, 6.45) is -0.295. The average Bonchev–Trinajstić information content (AvgIpc) is 2.81. The van der Waals surface area contributed by atoms with E-state index in [0.717, 1.165) is 4.90 Å². The Morgan fingerprint density at radius 1 is 1.48 bits per heavy atom. The number of pyridine rings is 1. The Morgan fingerprint density at radius 3 is 2.76 bits per heavy atom. The fourth-order valence-corrected chi connectivity index (χ4v) is 2.12. The molecule has 0 bridgehead atoms. The van der Waals surface area contributed by atoms with Crippen LogP contribution in [0.2, 0.25) is 0 Å². The first-order valence-corrected chi connectivity index (χ1v) is 6.67. The minimum atomic E-state index is -2.37. The zero-order valence-electron chi connectivity index (χ0n) is 11.9. The van der Waals surface area contributed by atoms with Crippen molar-refractivity contribution in [1.29, 1.82) is 0 Å². The predicted octanol–water partition coefficient (Wildman–Crippen LogP) is 1.51. The molecule has 6 nitrogen and oxygen atoms in total. The highest BCUT2D eigenvalue weighted by Crippen LogP contribution is 2.27. The Balaban J connectivity index is 2.13. The molecular weight excluding hydrogens is 279 g/mol. The first-order valence-electron chi connectivity index (χ1n) is 6.67. The molecule has 1 fully saturated rings. The van der Waals surface area contributed by atoms with Gasteiger partial charge in [-0.1, -0.05) is 6.07 Å². The number of aliphatic carboxylic acids is 1. The number of carbonyl (C=O) groups is 2. The molecule has 1 atom stereocenters. The predicted molar refractivity (Wildman–Crippen MR) is 72.0 cm³/mol. The second-order valence-corrected chi connectivity index (χ2v) is 5.27. The van der Waals surface area contributed by atoms with Gasteiger partial charge in [-0.2, -0.15) is 0 Å². The SMILES string of the molecule is CC(C)Oc1cccc(C(=O)N2CCC(F)(C(=O)O)C2)n1. The van der Waals surface area contributed by atoms with E-state index >= 15 is 0 Å². The summed E-state index contributed by atoms with van der Waals surface area (Å²) in [4.78, 5) is 28.3. The van der Waals surface area contributed by atoms with Crippen LogP contribution in [0.15, 0.2) is 18.2 Å². The maximum absolute atomic E-state index is 14.0. The number of likely N-dealkylation sites (tertiary alicyclic amines) is 1. The zero-order chi connectivity index (χ0) is 15.6. The number of amides is 1. The number of carbonyl (C=O) groups excluding carboxylic acids is 1. The number of carboxylic acid groups (broad SMARTS) is 1. The summed E-state index contributed by atoms with van der Waals surface area (Å²) >= 11 is 0. The molecule has 1 aliphatic rings. The van der Waals surface area contributed by atoms with E-state index in [-0.39, 0.29) is 24.8 Å². The summed E-state index contributed by atoms with van der Waals surface area (Å²) < 4.78 is 19.4. The van der Waals surface area contributed by atoms with Gasteiger partial charge in [0.25, 0.3) is 5.91 Å². The first-order chi connectivity index (χ1) is 9.82. The summed E-state index contributed by atoms with van der Waals surface area (Å²) in [6.45, 7) is 3.26. The van der Waals surface area contributed by atoms with Gasteiger partial charge in [-0.15, -0.1) is 0 Å². The molecular formula is C14H17FN2O4. The quantitative estimate of drug-likeness (QED) is 0.911. The van der Waals surface area contributed by atoms with Crippen molar-refractivity contribution in [1.82, 2.24) is 9.88 Å². The fourth-order valence-electron chi connectivity index (χ4n) is 2.12. The number of hydrogen-bond donors (Lipinski definition) is 1. The van der Waals surface area contributed by atoms with Crippen molar-refractivity contribution in [2.24, 2.45) is 0 Å². The lowest BCUT2D eigenvalue weighted by molar-refractivity contribution is -0.149. The van der Waals surface area contributed by atoms with Crippen LogP contribution in [0.25, 0.3) is 0 Å². The Bertz CT molecular complexity index is 564. The van der Waals surface area contributed by atoms with Crippen LogP contribution in [0.5, 0.6) is 5.88 Å². The highest BCUT2D eigenvalue weighted by Gasteiger charge is 2.47. The Kier molecular flexibility index (Phi) is 4.11. The number of rotatable bonds is 4. The smallest absolute Gasteiger partial charge is 0.343 e. The molecule has 1 N–H and O–H groups in total. The van der Waals surface area contributed by atoms with E-state index in [1.54, 1.807) is 12.1 Å². The van der Waals surface area contributed by atoms with E-state index in [9.17, 15) is 14.0 Å². The molecule has 0 radical (unpaired) electrons. The fraction of sp³-hybridized carbons (Fsp3) is 0.500. The molecule has 1 aliphatic heterocycles. The molecule has 2 heterocycles. The van der Waals surface area contributed by atoms with Gasteiger partial charge in [0.2, 0.25) is 11.5 Å². The maximum Gasteiger partial charge on any atom is 0.343 e. The van der Waals surface area contributed by atoms with Gasteiger partial charge < -0.3 is 14.7 Å². The van der Waals surface area contributed by atoms with Crippen LogP contribution in [0.4, 0.5) is 4.39 Å². The van der Waals surface area contributed by atoms with E-state index in [0.29, 0.717) is 5.88 Å². The summed E-state index contributed by atoms with van der Waals surface area (Å²) in [6, 6.07) is 4.74. The molecule has 114 valence electrons. The second-order valence-electron chi connectivity index (χ2n) is 5.27. The van der Waals surface area contributed by atoms with E-state index in [4.69, 9.17) is 9.84 Å². The molecule has 0 saturated carbocycles. The summed E-state index contributed by atoms with van der Waals surface area (Å²) in [5, 5.41) is 8.84. The topological polar surface area (TPSA) is 79.7 Å². The molecule has 1 amide bonds.